The van der Waals surface area contributed by atoms with Gasteiger partial charge in [0, 0.05) is 27.8 Å². The Labute approximate surface area is 333 Å². The zero-order chi connectivity index (χ0) is 40.0. The number of hydrogen-bond acceptors (Lipinski definition) is 5. The Morgan fingerprint density at radius 2 is 0.439 bits per heavy atom. The molecule has 0 atom stereocenters. The molecule has 0 aromatic heterocycles. The second-order valence-electron chi connectivity index (χ2n) is 12.1. The van der Waals surface area contributed by atoms with Gasteiger partial charge in [-0.05, 0) is 121 Å². The first kappa shape index (κ1) is 38.8. The highest BCUT2D eigenvalue weighted by Crippen LogP contribution is 2.27. The van der Waals surface area contributed by atoms with Gasteiger partial charge in [-0.25, -0.2) is 4.39 Å². The third-order valence-corrected chi connectivity index (χ3v) is 8.55. The van der Waals surface area contributed by atoms with Crippen molar-refractivity contribution in [3.63, 3.8) is 0 Å². The lowest BCUT2D eigenvalue weighted by Crippen LogP contribution is -2.05. The van der Waals surface area contributed by atoms with E-state index in [4.69, 9.17) is 23.7 Å². The first-order valence-electron chi connectivity index (χ1n) is 17.6. The predicted octanol–water partition coefficient (Wildman–Crippen LogP) is 8.87. The molecule has 0 amide bonds. The third-order valence-electron chi connectivity index (χ3n) is 8.55. The Morgan fingerprint density at radius 3 is 0.632 bits per heavy atom. The monoisotopic (exact) mass is 746 g/mol. The fourth-order valence-corrected chi connectivity index (χ4v) is 5.37. The lowest BCUT2D eigenvalue weighted by molar-refractivity contribution is 0.414. The number of benzene rings is 6. The maximum atomic E-state index is 17.4. The minimum absolute atomic E-state index is 0.0277. The molecule has 0 aliphatic carbocycles. The molecule has 6 rings (SSSR count). The molecular weight excluding hydrogens is 712 g/mol. The van der Waals surface area contributed by atoms with Crippen molar-refractivity contribution in [2.75, 3.05) is 35.5 Å². The molecule has 0 fully saturated rings. The maximum absolute atomic E-state index is 17.4. The second-order valence-corrected chi connectivity index (χ2v) is 12.1. The van der Waals surface area contributed by atoms with E-state index in [0.717, 1.165) is 0 Å². The van der Waals surface area contributed by atoms with E-state index in [2.05, 4.69) is 59.2 Å². The van der Waals surface area contributed by atoms with Crippen molar-refractivity contribution in [3.05, 3.63) is 183 Å². The normalized spacial score (nSPS) is 9.58. The zero-order valence-corrected chi connectivity index (χ0v) is 32.0. The molecule has 0 N–H and O–H groups in total. The van der Waals surface area contributed by atoms with Gasteiger partial charge in [-0.15, -0.1) is 0 Å². The van der Waals surface area contributed by atoms with Crippen LogP contribution in [-0.2, 0) is 0 Å². The predicted molar refractivity (Wildman–Crippen MR) is 221 cm³/mol. The molecule has 0 unspecified atom stereocenters. The smallest absolute Gasteiger partial charge is 0.157 e. The van der Waals surface area contributed by atoms with E-state index in [1.165, 1.54) is 0 Å². The molecule has 0 aliphatic rings. The van der Waals surface area contributed by atoms with Gasteiger partial charge >= 0.3 is 0 Å². The van der Waals surface area contributed by atoms with Gasteiger partial charge in [-0.3, -0.25) is 0 Å². The molecule has 0 radical (unpaired) electrons. The molecule has 0 aliphatic heterocycles. The first-order chi connectivity index (χ1) is 27.9. The molecule has 57 heavy (non-hydrogen) atoms. The van der Waals surface area contributed by atoms with E-state index < -0.39 is 5.82 Å². The topological polar surface area (TPSA) is 46.2 Å². The van der Waals surface area contributed by atoms with Gasteiger partial charge in [0.25, 0.3) is 0 Å². The summed E-state index contributed by atoms with van der Waals surface area (Å²) in [6, 6.07) is 36.2. The van der Waals surface area contributed by atoms with Crippen molar-refractivity contribution in [2.24, 2.45) is 0 Å². The van der Waals surface area contributed by atoms with E-state index in [-0.39, 0.29) is 22.3 Å². The second kappa shape index (κ2) is 18.9. The van der Waals surface area contributed by atoms with Crippen molar-refractivity contribution in [1.82, 2.24) is 0 Å². The van der Waals surface area contributed by atoms with Crippen LogP contribution < -0.4 is 23.7 Å². The molecular formula is C51H35FO5. The van der Waals surface area contributed by atoms with Crippen molar-refractivity contribution in [3.8, 4) is 88.0 Å². The summed E-state index contributed by atoms with van der Waals surface area (Å²) in [6.07, 6.45) is 0. The summed E-state index contributed by atoms with van der Waals surface area (Å²) in [5.74, 6) is 34.5. The van der Waals surface area contributed by atoms with Crippen LogP contribution in [0.4, 0.5) is 4.39 Å². The number of rotatable bonds is 5. The standard InChI is InChI=1S/C51H35FO5/c1-53-41-21-6-36(7-22-41)16-31-46-47(32-17-37-8-23-42(54-2)24-9-37)49(34-19-39-12-27-44(56-4)28-13-39)51(52)50(35-20-40-14-29-45(57-5)30-15-40)48(46)33-18-38-10-25-43(55-3)26-11-38/h6-15,21-30H,1-5H3. The summed E-state index contributed by atoms with van der Waals surface area (Å²) in [6.45, 7) is 0. The minimum Gasteiger partial charge on any atom is -0.497 e. The van der Waals surface area contributed by atoms with Gasteiger partial charge in [0.1, 0.15) is 28.7 Å². The van der Waals surface area contributed by atoms with Crippen LogP contribution in [0, 0.1) is 65.0 Å². The fourth-order valence-electron chi connectivity index (χ4n) is 5.37. The summed E-state index contributed by atoms with van der Waals surface area (Å²) in [5, 5.41) is 0. The lowest BCUT2D eigenvalue weighted by Gasteiger charge is -2.11. The third kappa shape index (κ3) is 9.98. The Morgan fingerprint density at radius 1 is 0.263 bits per heavy atom. The molecule has 0 saturated carbocycles. The highest BCUT2D eigenvalue weighted by molar-refractivity contribution is 5.73. The van der Waals surface area contributed by atoms with Gasteiger partial charge in [0.2, 0.25) is 0 Å². The van der Waals surface area contributed by atoms with Crippen molar-refractivity contribution >= 4 is 0 Å². The largest absolute Gasteiger partial charge is 0.497 e. The molecule has 0 heterocycles. The van der Waals surface area contributed by atoms with E-state index in [0.29, 0.717) is 62.1 Å². The Kier molecular flexibility index (Phi) is 12.8. The quantitative estimate of drug-likeness (QED) is 0.165. The van der Waals surface area contributed by atoms with Crippen molar-refractivity contribution in [1.29, 1.82) is 0 Å². The van der Waals surface area contributed by atoms with Gasteiger partial charge in [0.15, 0.2) is 5.82 Å². The first-order valence-corrected chi connectivity index (χ1v) is 17.6. The van der Waals surface area contributed by atoms with Crippen LogP contribution >= 0.6 is 0 Å². The van der Waals surface area contributed by atoms with Crippen molar-refractivity contribution < 1.29 is 28.1 Å². The summed E-state index contributed by atoms with van der Waals surface area (Å²) in [5.41, 5.74) is 4.28. The Bertz CT molecular complexity index is 2540. The summed E-state index contributed by atoms with van der Waals surface area (Å²) in [4.78, 5) is 0. The number of hydrogen-bond donors (Lipinski definition) is 0. The van der Waals surface area contributed by atoms with E-state index in [9.17, 15) is 0 Å². The lowest BCUT2D eigenvalue weighted by atomic mass is 9.90. The van der Waals surface area contributed by atoms with Crippen LogP contribution in [0.3, 0.4) is 0 Å². The number of methoxy groups -OCH3 is 5. The van der Waals surface area contributed by atoms with E-state index in [1.54, 1.807) is 84.1 Å². The maximum Gasteiger partial charge on any atom is 0.157 e. The zero-order valence-electron chi connectivity index (χ0n) is 32.0. The fraction of sp³-hybridized carbons (Fsp3) is 0.0980. The van der Waals surface area contributed by atoms with Crippen LogP contribution in [0.15, 0.2) is 121 Å². The van der Waals surface area contributed by atoms with E-state index >= 15 is 4.39 Å². The Balaban J connectivity index is 1.69. The van der Waals surface area contributed by atoms with E-state index in [1.807, 2.05) is 72.8 Å². The van der Waals surface area contributed by atoms with Crippen LogP contribution in [0.25, 0.3) is 0 Å². The Hall–Kier alpha value is -7.95. The molecule has 0 saturated heterocycles. The minimum atomic E-state index is -0.676. The molecule has 5 nitrogen and oxygen atoms in total. The van der Waals surface area contributed by atoms with Crippen LogP contribution in [0.5, 0.6) is 28.7 Å². The molecule has 276 valence electrons. The SMILES string of the molecule is COc1ccc(C#Cc2c(F)c(C#Cc3ccc(OC)cc3)c(C#Cc3ccc(OC)cc3)c(C#Cc3ccc(OC)cc3)c2C#Cc2ccc(OC)cc2)cc1. The highest BCUT2D eigenvalue weighted by Gasteiger charge is 2.21. The molecule has 0 spiro atoms. The van der Waals surface area contributed by atoms with Crippen LogP contribution in [0.2, 0.25) is 0 Å². The molecule has 6 aromatic carbocycles. The molecule has 0 bridgehead atoms. The van der Waals surface area contributed by atoms with Crippen molar-refractivity contribution in [2.45, 2.75) is 0 Å². The molecule has 6 heteroatoms. The highest BCUT2D eigenvalue weighted by atomic mass is 19.1. The van der Waals surface area contributed by atoms with Gasteiger partial charge in [0.05, 0.1) is 63.4 Å². The average Bonchev–Trinajstić information content (AvgIpc) is 3.27. The van der Waals surface area contributed by atoms with Gasteiger partial charge in [-0.2, -0.15) is 0 Å². The average molecular weight is 747 g/mol. The summed E-state index contributed by atoms with van der Waals surface area (Å²) >= 11 is 0. The van der Waals surface area contributed by atoms with Gasteiger partial charge in [-0.1, -0.05) is 59.2 Å². The van der Waals surface area contributed by atoms with Crippen LogP contribution in [0.1, 0.15) is 55.6 Å². The number of ether oxygens (including phenoxy) is 5. The summed E-state index contributed by atoms with van der Waals surface area (Å²) < 4.78 is 44.1. The van der Waals surface area contributed by atoms with Crippen LogP contribution in [-0.4, -0.2) is 35.5 Å². The van der Waals surface area contributed by atoms with Gasteiger partial charge < -0.3 is 23.7 Å². The number of halogens is 1. The molecule has 6 aromatic rings. The summed E-state index contributed by atoms with van der Waals surface area (Å²) in [7, 11) is 7.97.